The van der Waals surface area contributed by atoms with Crippen LogP contribution in [0.5, 0.6) is 17.2 Å². The van der Waals surface area contributed by atoms with Crippen LogP contribution in [-0.4, -0.2) is 42.5 Å². The Labute approximate surface area is 204 Å². The molecule has 3 aromatic rings. The number of ether oxygens (including phenoxy) is 3. The molecule has 1 saturated heterocycles. The van der Waals surface area contributed by atoms with Gasteiger partial charge >= 0.3 is 0 Å². The van der Waals surface area contributed by atoms with Crippen LogP contribution in [0, 0.1) is 0 Å². The Kier molecular flexibility index (Phi) is 7.06. The van der Waals surface area contributed by atoms with E-state index in [0.717, 1.165) is 11.3 Å². The standard InChI is InChI=1S/C28H27NO6/c1-4-35-20-15-13-18(14-16-20)17-29-25(19-9-6-5-7-10-19)24(27(31)28(29)32)26(30)23-21(33-2)11-8-12-22(23)34-3/h5-16,25,30H,4,17H2,1-3H3/b26-24+. The Morgan fingerprint density at radius 2 is 1.51 bits per heavy atom. The lowest BCUT2D eigenvalue weighted by Crippen LogP contribution is -2.29. The van der Waals surface area contributed by atoms with Gasteiger partial charge in [0.05, 0.1) is 32.4 Å². The molecule has 1 amide bonds. The van der Waals surface area contributed by atoms with Crippen molar-refractivity contribution in [2.24, 2.45) is 0 Å². The van der Waals surface area contributed by atoms with Gasteiger partial charge in [-0.3, -0.25) is 9.59 Å². The summed E-state index contributed by atoms with van der Waals surface area (Å²) in [6, 6.07) is 20.8. The predicted octanol–water partition coefficient (Wildman–Crippen LogP) is 4.72. The fourth-order valence-electron chi connectivity index (χ4n) is 4.30. The van der Waals surface area contributed by atoms with E-state index < -0.39 is 17.7 Å². The van der Waals surface area contributed by atoms with Gasteiger partial charge in [0, 0.05) is 6.54 Å². The number of hydrogen-bond acceptors (Lipinski definition) is 6. The monoisotopic (exact) mass is 473 g/mol. The zero-order chi connectivity index (χ0) is 24.9. The Hall–Kier alpha value is -4.26. The number of aliphatic hydroxyl groups is 1. The highest BCUT2D eigenvalue weighted by Crippen LogP contribution is 2.43. The second kappa shape index (κ2) is 10.3. The van der Waals surface area contributed by atoms with Crippen molar-refractivity contribution in [3.05, 3.63) is 95.1 Å². The zero-order valence-corrected chi connectivity index (χ0v) is 19.9. The molecule has 1 heterocycles. The lowest BCUT2D eigenvalue weighted by Gasteiger charge is -2.26. The van der Waals surface area contributed by atoms with Crippen molar-refractivity contribution in [3.8, 4) is 17.2 Å². The van der Waals surface area contributed by atoms with Gasteiger partial charge in [0.15, 0.2) is 0 Å². The van der Waals surface area contributed by atoms with Crippen molar-refractivity contribution in [2.45, 2.75) is 19.5 Å². The van der Waals surface area contributed by atoms with Gasteiger partial charge in [-0.15, -0.1) is 0 Å². The SMILES string of the molecule is CCOc1ccc(CN2C(=O)C(=O)/C(=C(/O)c3c(OC)cccc3OC)C2c2ccccc2)cc1. The van der Waals surface area contributed by atoms with Crippen LogP contribution >= 0.6 is 0 Å². The first-order valence-corrected chi connectivity index (χ1v) is 11.3. The molecule has 4 rings (SSSR count). The van der Waals surface area contributed by atoms with Gasteiger partial charge in [-0.25, -0.2) is 0 Å². The summed E-state index contributed by atoms with van der Waals surface area (Å²) in [6.45, 7) is 2.63. The summed E-state index contributed by atoms with van der Waals surface area (Å²) in [5.74, 6) is -0.432. The molecule has 0 aromatic heterocycles. The number of ketones is 1. The van der Waals surface area contributed by atoms with Crippen LogP contribution < -0.4 is 14.2 Å². The third kappa shape index (κ3) is 4.57. The molecule has 1 aliphatic heterocycles. The lowest BCUT2D eigenvalue weighted by atomic mass is 9.94. The summed E-state index contributed by atoms with van der Waals surface area (Å²) < 4.78 is 16.4. The van der Waals surface area contributed by atoms with Crippen molar-refractivity contribution in [1.82, 2.24) is 4.90 Å². The van der Waals surface area contributed by atoms with Crippen LogP contribution in [0.2, 0.25) is 0 Å². The number of carbonyl (C=O) groups is 2. The van der Waals surface area contributed by atoms with E-state index in [0.29, 0.717) is 23.7 Å². The number of carbonyl (C=O) groups excluding carboxylic acids is 2. The topological polar surface area (TPSA) is 85.3 Å². The molecule has 1 unspecified atom stereocenters. The van der Waals surface area contributed by atoms with Crippen molar-refractivity contribution < 1.29 is 28.9 Å². The highest BCUT2D eigenvalue weighted by atomic mass is 16.5. The zero-order valence-electron chi connectivity index (χ0n) is 19.9. The van der Waals surface area contributed by atoms with Gasteiger partial charge in [0.2, 0.25) is 0 Å². The number of methoxy groups -OCH3 is 2. The summed E-state index contributed by atoms with van der Waals surface area (Å²) in [5.41, 5.74) is 1.73. The van der Waals surface area contributed by atoms with E-state index in [1.165, 1.54) is 19.1 Å². The van der Waals surface area contributed by atoms with Gasteiger partial charge < -0.3 is 24.2 Å². The smallest absolute Gasteiger partial charge is 0.295 e. The number of Topliss-reactive ketones (excluding diaryl/α,β-unsaturated/α-hetero) is 1. The molecule has 1 N–H and O–H groups in total. The Morgan fingerprint density at radius 1 is 0.886 bits per heavy atom. The third-order valence-corrected chi connectivity index (χ3v) is 5.91. The minimum Gasteiger partial charge on any atom is -0.506 e. The Morgan fingerprint density at radius 3 is 2.09 bits per heavy atom. The Balaban J connectivity index is 1.85. The minimum absolute atomic E-state index is 0.0186. The number of benzene rings is 3. The van der Waals surface area contributed by atoms with E-state index in [1.54, 1.807) is 18.2 Å². The first-order chi connectivity index (χ1) is 17.0. The maximum absolute atomic E-state index is 13.3. The van der Waals surface area contributed by atoms with Gasteiger partial charge in [0.1, 0.15) is 28.6 Å². The molecular formula is C28H27NO6. The van der Waals surface area contributed by atoms with Crippen molar-refractivity contribution in [3.63, 3.8) is 0 Å². The number of amides is 1. The van der Waals surface area contributed by atoms with Crippen LogP contribution in [0.3, 0.4) is 0 Å². The molecule has 0 radical (unpaired) electrons. The normalized spacial score (nSPS) is 16.9. The summed E-state index contributed by atoms with van der Waals surface area (Å²) in [6.07, 6.45) is 0. The van der Waals surface area contributed by atoms with Crippen LogP contribution in [-0.2, 0) is 16.1 Å². The van der Waals surface area contributed by atoms with Crippen molar-refractivity contribution in [2.75, 3.05) is 20.8 Å². The first kappa shape index (κ1) is 23.9. The quantitative estimate of drug-likeness (QED) is 0.289. The number of nitrogens with zero attached hydrogens (tertiary/aromatic N) is 1. The number of likely N-dealkylation sites (tertiary alicyclic amines) is 1. The summed E-state index contributed by atoms with van der Waals surface area (Å²) in [5, 5.41) is 11.4. The highest BCUT2D eigenvalue weighted by Gasteiger charge is 2.46. The largest absolute Gasteiger partial charge is 0.506 e. The first-order valence-electron chi connectivity index (χ1n) is 11.3. The second-order valence-electron chi connectivity index (χ2n) is 7.95. The number of rotatable bonds is 8. The molecule has 1 fully saturated rings. The molecule has 7 nitrogen and oxygen atoms in total. The molecule has 7 heteroatoms. The molecule has 180 valence electrons. The van der Waals surface area contributed by atoms with Crippen LogP contribution in [0.4, 0.5) is 0 Å². The molecule has 3 aromatic carbocycles. The summed E-state index contributed by atoms with van der Waals surface area (Å²) >= 11 is 0. The number of hydrogen-bond donors (Lipinski definition) is 1. The van der Waals surface area contributed by atoms with E-state index >= 15 is 0 Å². The maximum atomic E-state index is 13.3. The second-order valence-corrected chi connectivity index (χ2v) is 7.95. The molecule has 35 heavy (non-hydrogen) atoms. The van der Waals surface area contributed by atoms with Gasteiger partial charge in [-0.1, -0.05) is 48.5 Å². The van der Waals surface area contributed by atoms with E-state index in [9.17, 15) is 14.7 Å². The molecule has 0 spiro atoms. The number of aliphatic hydroxyl groups excluding tert-OH is 1. The predicted molar refractivity (Wildman–Crippen MR) is 131 cm³/mol. The molecule has 0 saturated carbocycles. The molecule has 1 aliphatic rings. The molecule has 1 atom stereocenters. The molecule has 0 bridgehead atoms. The van der Waals surface area contributed by atoms with Crippen molar-refractivity contribution >= 4 is 17.4 Å². The van der Waals surface area contributed by atoms with E-state index in [-0.39, 0.29) is 23.4 Å². The van der Waals surface area contributed by atoms with E-state index in [1.807, 2.05) is 61.5 Å². The molecular weight excluding hydrogens is 446 g/mol. The minimum atomic E-state index is -0.794. The highest BCUT2D eigenvalue weighted by molar-refractivity contribution is 6.46. The van der Waals surface area contributed by atoms with Gasteiger partial charge in [-0.05, 0) is 42.3 Å². The van der Waals surface area contributed by atoms with E-state index in [4.69, 9.17) is 14.2 Å². The van der Waals surface area contributed by atoms with E-state index in [2.05, 4.69) is 0 Å². The summed E-state index contributed by atoms with van der Waals surface area (Å²) in [7, 11) is 2.93. The van der Waals surface area contributed by atoms with Crippen LogP contribution in [0.1, 0.15) is 29.7 Å². The summed E-state index contributed by atoms with van der Waals surface area (Å²) in [4.78, 5) is 28.1. The van der Waals surface area contributed by atoms with Gasteiger partial charge in [0.25, 0.3) is 11.7 Å². The third-order valence-electron chi connectivity index (χ3n) is 5.91. The molecule has 0 aliphatic carbocycles. The lowest BCUT2D eigenvalue weighted by molar-refractivity contribution is -0.140. The van der Waals surface area contributed by atoms with Crippen LogP contribution in [0.15, 0.2) is 78.4 Å². The Bertz CT molecular complexity index is 1230. The maximum Gasteiger partial charge on any atom is 0.295 e. The fraction of sp³-hybridized carbons (Fsp3) is 0.214. The van der Waals surface area contributed by atoms with Crippen LogP contribution in [0.25, 0.3) is 5.76 Å². The van der Waals surface area contributed by atoms with Crippen molar-refractivity contribution in [1.29, 1.82) is 0 Å². The average Bonchev–Trinajstić information content (AvgIpc) is 3.14. The fourth-order valence-corrected chi connectivity index (χ4v) is 4.30. The average molecular weight is 474 g/mol. The van der Waals surface area contributed by atoms with Gasteiger partial charge in [-0.2, -0.15) is 0 Å².